The zero-order valence-corrected chi connectivity index (χ0v) is 14.2. The fourth-order valence-electron chi connectivity index (χ4n) is 3.06. The molecule has 0 aliphatic heterocycles. The average molecular weight is 338 g/mol. The molecule has 24 heavy (non-hydrogen) atoms. The zero-order chi connectivity index (χ0) is 16.5. The molecule has 2 N–H and O–H groups in total. The molecule has 1 aromatic carbocycles. The van der Waals surface area contributed by atoms with Gasteiger partial charge >= 0.3 is 0 Å². The minimum atomic E-state index is -0.0196. The summed E-state index contributed by atoms with van der Waals surface area (Å²) in [5.41, 5.74) is 5.16. The number of thiazole rings is 1. The first-order chi connectivity index (χ1) is 11.7. The molecule has 3 aromatic rings. The molecule has 1 aliphatic rings. The Bertz CT molecular complexity index is 865. The van der Waals surface area contributed by atoms with E-state index in [1.54, 1.807) is 11.3 Å². The highest BCUT2D eigenvalue weighted by Crippen LogP contribution is 2.24. The van der Waals surface area contributed by atoms with Crippen molar-refractivity contribution in [1.82, 2.24) is 20.5 Å². The topological polar surface area (TPSA) is 70.7 Å². The standard InChI is InChI=1S/C18H18N4OS/c1-11-10-24-18(20-11)13-4-2-12(3-5-13)17(23)21-15-6-7-16-14(8-15)9-19-22-16/h2-5,9-10,15H,6-8H2,1H3,(H,19,22)(H,21,23). The second-order valence-corrected chi connectivity index (χ2v) is 7.02. The number of aromatic nitrogens is 3. The van der Waals surface area contributed by atoms with E-state index in [0.717, 1.165) is 35.5 Å². The first-order valence-electron chi connectivity index (χ1n) is 8.03. The summed E-state index contributed by atoms with van der Waals surface area (Å²) in [7, 11) is 0. The van der Waals surface area contributed by atoms with Gasteiger partial charge in [0.15, 0.2) is 0 Å². The molecule has 6 heteroatoms. The number of amides is 1. The first kappa shape index (κ1) is 15.1. The quantitative estimate of drug-likeness (QED) is 0.771. The summed E-state index contributed by atoms with van der Waals surface area (Å²) in [5, 5.41) is 13.2. The first-order valence-corrected chi connectivity index (χ1v) is 8.91. The Morgan fingerprint density at radius 1 is 1.33 bits per heavy atom. The van der Waals surface area contributed by atoms with E-state index >= 15 is 0 Å². The lowest BCUT2D eigenvalue weighted by Gasteiger charge is -2.22. The van der Waals surface area contributed by atoms with Crippen molar-refractivity contribution >= 4 is 17.2 Å². The van der Waals surface area contributed by atoms with E-state index in [-0.39, 0.29) is 11.9 Å². The highest BCUT2D eigenvalue weighted by Gasteiger charge is 2.21. The third-order valence-corrected chi connectivity index (χ3v) is 5.37. The van der Waals surface area contributed by atoms with Crippen LogP contribution < -0.4 is 5.32 Å². The van der Waals surface area contributed by atoms with Gasteiger partial charge in [0.2, 0.25) is 0 Å². The Morgan fingerprint density at radius 2 is 2.17 bits per heavy atom. The van der Waals surface area contributed by atoms with Gasteiger partial charge in [0.05, 0.1) is 6.20 Å². The summed E-state index contributed by atoms with van der Waals surface area (Å²) < 4.78 is 0. The number of nitrogens with zero attached hydrogens (tertiary/aromatic N) is 2. The van der Waals surface area contributed by atoms with Crippen LogP contribution in [0.3, 0.4) is 0 Å². The van der Waals surface area contributed by atoms with Crippen molar-refractivity contribution in [2.45, 2.75) is 32.2 Å². The molecular weight excluding hydrogens is 320 g/mol. The SMILES string of the molecule is Cc1csc(-c2ccc(C(=O)NC3CCc4[nH]ncc4C3)cc2)n1. The smallest absolute Gasteiger partial charge is 0.251 e. The van der Waals surface area contributed by atoms with E-state index in [2.05, 4.69) is 20.5 Å². The molecule has 2 aromatic heterocycles. The predicted octanol–water partition coefficient (Wildman–Crippen LogP) is 3.13. The lowest BCUT2D eigenvalue weighted by molar-refractivity contribution is 0.0933. The number of carbonyl (C=O) groups excluding carboxylic acids is 1. The van der Waals surface area contributed by atoms with Gasteiger partial charge in [-0.15, -0.1) is 11.3 Å². The number of hydrogen-bond acceptors (Lipinski definition) is 4. The molecule has 1 aliphatic carbocycles. The Kier molecular flexibility index (Phi) is 3.90. The maximum atomic E-state index is 12.5. The van der Waals surface area contributed by atoms with Crippen LogP contribution in [0.2, 0.25) is 0 Å². The summed E-state index contributed by atoms with van der Waals surface area (Å²) in [4.78, 5) is 16.9. The summed E-state index contributed by atoms with van der Waals surface area (Å²) in [6.45, 7) is 1.98. The van der Waals surface area contributed by atoms with Gasteiger partial charge in [0.1, 0.15) is 5.01 Å². The van der Waals surface area contributed by atoms with E-state index in [0.29, 0.717) is 5.56 Å². The second-order valence-electron chi connectivity index (χ2n) is 6.16. The van der Waals surface area contributed by atoms with Crippen LogP contribution >= 0.6 is 11.3 Å². The van der Waals surface area contributed by atoms with Crippen LogP contribution in [0.25, 0.3) is 10.6 Å². The van der Waals surface area contributed by atoms with Gasteiger partial charge in [-0.2, -0.15) is 5.10 Å². The van der Waals surface area contributed by atoms with Gasteiger partial charge in [-0.3, -0.25) is 9.89 Å². The summed E-state index contributed by atoms with van der Waals surface area (Å²) in [6.07, 6.45) is 4.58. The number of aryl methyl sites for hydroxylation is 2. The van der Waals surface area contributed by atoms with Crippen molar-refractivity contribution in [2.24, 2.45) is 0 Å². The molecule has 122 valence electrons. The monoisotopic (exact) mass is 338 g/mol. The fraction of sp³-hybridized carbons (Fsp3) is 0.278. The van der Waals surface area contributed by atoms with Crippen molar-refractivity contribution in [3.05, 3.63) is 58.4 Å². The summed E-state index contributed by atoms with van der Waals surface area (Å²) >= 11 is 1.62. The van der Waals surface area contributed by atoms with Gasteiger partial charge < -0.3 is 5.32 Å². The Labute approximate surface area is 144 Å². The fourth-order valence-corrected chi connectivity index (χ4v) is 3.86. The number of benzene rings is 1. The summed E-state index contributed by atoms with van der Waals surface area (Å²) in [6, 6.07) is 7.83. The second kappa shape index (κ2) is 6.20. The third-order valence-electron chi connectivity index (χ3n) is 4.36. The van der Waals surface area contributed by atoms with Gasteiger partial charge in [0.25, 0.3) is 5.91 Å². The van der Waals surface area contributed by atoms with Crippen molar-refractivity contribution in [3.63, 3.8) is 0 Å². The molecule has 1 unspecified atom stereocenters. The van der Waals surface area contributed by atoms with Crippen LogP contribution in [-0.2, 0) is 12.8 Å². The molecule has 0 spiro atoms. The number of nitrogens with one attached hydrogen (secondary N) is 2. The van der Waals surface area contributed by atoms with Crippen LogP contribution in [-0.4, -0.2) is 27.1 Å². The van der Waals surface area contributed by atoms with Crippen molar-refractivity contribution in [2.75, 3.05) is 0 Å². The molecule has 0 saturated heterocycles. The molecule has 4 rings (SSSR count). The van der Waals surface area contributed by atoms with Crippen LogP contribution in [0, 0.1) is 6.92 Å². The van der Waals surface area contributed by atoms with Crippen LogP contribution in [0.5, 0.6) is 0 Å². The minimum Gasteiger partial charge on any atom is -0.349 e. The molecule has 0 saturated carbocycles. The van der Waals surface area contributed by atoms with Gasteiger partial charge in [-0.1, -0.05) is 12.1 Å². The predicted molar refractivity (Wildman–Crippen MR) is 94.2 cm³/mol. The average Bonchev–Trinajstić information content (AvgIpc) is 3.23. The highest BCUT2D eigenvalue weighted by atomic mass is 32.1. The van der Waals surface area contributed by atoms with Crippen LogP contribution in [0.15, 0.2) is 35.8 Å². The lowest BCUT2D eigenvalue weighted by atomic mass is 9.93. The molecule has 1 atom stereocenters. The third kappa shape index (κ3) is 2.97. The normalized spacial score (nSPS) is 16.6. The van der Waals surface area contributed by atoms with Crippen LogP contribution in [0.4, 0.5) is 0 Å². The summed E-state index contributed by atoms with van der Waals surface area (Å²) in [5.74, 6) is -0.0196. The number of fused-ring (bicyclic) bond motifs is 1. The zero-order valence-electron chi connectivity index (χ0n) is 13.4. The number of rotatable bonds is 3. The molecular formula is C18H18N4OS. The van der Waals surface area contributed by atoms with E-state index in [1.807, 2.05) is 42.8 Å². The highest BCUT2D eigenvalue weighted by molar-refractivity contribution is 7.13. The van der Waals surface area contributed by atoms with Crippen molar-refractivity contribution in [3.8, 4) is 10.6 Å². The molecule has 2 heterocycles. The number of hydrogen-bond donors (Lipinski definition) is 2. The largest absolute Gasteiger partial charge is 0.349 e. The number of H-pyrrole nitrogens is 1. The number of aromatic amines is 1. The number of carbonyl (C=O) groups is 1. The van der Waals surface area contributed by atoms with Gasteiger partial charge in [0, 0.05) is 33.9 Å². The Hall–Kier alpha value is -2.47. The van der Waals surface area contributed by atoms with E-state index in [4.69, 9.17) is 0 Å². The Morgan fingerprint density at radius 3 is 2.92 bits per heavy atom. The Balaban J connectivity index is 1.43. The lowest BCUT2D eigenvalue weighted by Crippen LogP contribution is -2.38. The molecule has 0 bridgehead atoms. The molecule has 0 fully saturated rings. The minimum absolute atomic E-state index is 0.0196. The molecule has 5 nitrogen and oxygen atoms in total. The van der Waals surface area contributed by atoms with Crippen molar-refractivity contribution < 1.29 is 4.79 Å². The maximum Gasteiger partial charge on any atom is 0.251 e. The van der Waals surface area contributed by atoms with E-state index in [1.165, 1.54) is 11.3 Å². The van der Waals surface area contributed by atoms with Crippen molar-refractivity contribution in [1.29, 1.82) is 0 Å². The molecule has 0 radical (unpaired) electrons. The van der Waals surface area contributed by atoms with Gasteiger partial charge in [-0.25, -0.2) is 4.98 Å². The molecule has 1 amide bonds. The maximum absolute atomic E-state index is 12.5. The van der Waals surface area contributed by atoms with Crippen LogP contribution in [0.1, 0.15) is 33.7 Å². The van der Waals surface area contributed by atoms with Gasteiger partial charge in [-0.05, 0) is 43.9 Å². The van der Waals surface area contributed by atoms with E-state index < -0.39 is 0 Å². The van der Waals surface area contributed by atoms with E-state index in [9.17, 15) is 4.79 Å².